The lowest BCUT2D eigenvalue weighted by Gasteiger charge is -2.61. The first-order valence-corrected chi connectivity index (χ1v) is 49.5. The van der Waals surface area contributed by atoms with Gasteiger partial charge in [0, 0.05) is 61.2 Å². The average molecular weight is 1570 g/mol. The van der Waals surface area contributed by atoms with Gasteiger partial charge in [0.25, 0.3) is 0 Å². The molecule has 4 spiro atoms. The number of benzene rings is 10. The van der Waals surface area contributed by atoms with Gasteiger partial charge < -0.3 is 9.80 Å². The van der Waals surface area contributed by atoms with Gasteiger partial charge in [0.05, 0.1) is 0 Å². The van der Waals surface area contributed by atoms with Crippen LogP contribution >= 0.6 is 0 Å². The fraction of sp³-hybridized carbons (Fsp3) is 0.492. The van der Waals surface area contributed by atoms with E-state index in [1.807, 2.05) is 0 Å². The monoisotopic (exact) mass is 1570 g/mol. The van der Waals surface area contributed by atoms with Crippen molar-refractivity contribution < 1.29 is 0 Å². The van der Waals surface area contributed by atoms with Crippen molar-refractivity contribution in [2.24, 2.45) is 94.7 Å². The zero-order valence-corrected chi connectivity index (χ0v) is 73.1. The van der Waals surface area contributed by atoms with Crippen molar-refractivity contribution >= 4 is 34.1 Å². The van der Waals surface area contributed by atoms with Crippen LogP contribution in [0.5, 0.6) is 0 Å². The highest BCUT2D eigenvalue weighted by Gasteiger charge is 2.67. The third kappa shape index (κ3) is 9.50. The highest BCUT2D eigenvalue weighted by Crippen LogP contribution is 2.76. The lowest BCUT2D eigenvalue weighted by atomic mass is 9.43. The van der Waals surface area contributed by atoms with Crippen molar-refractivity contribution in [1.29, 1.82) is 0 Å². The highest BCUT2D eigenvalue weighted by atomic mass is 15.2. The number of nitrogens with zero attached hydrogens (tertiary/aromatic N) is 2. The molecule has 21 aliphatic carbocycles. The summed E-state index contributed by atoms with van der Waals surface area (Å²) in [5, 5.41) is 0. The molecule has 0 saturated heterocycles. The molecule has 10 aromatic rings. The number of anilines is 6. The summed E-state index contributed by atoms with van der Waals surface area (Å²) in [7, 11) is 0. The molecule has 17 fully saturated rings. The van der Waals surface area contributed by atoms with Gasteiger partial charge in [-0.1, -0.05) is 196 Å². The molecule has 2 heteroatoms. The predicted octanol–water partition coefficient (Wildman–Crippen LogP) is 31.3. The van der Waals surface area contributed by atoms with Gasteiger partial charge in [-0.05, 0) is 455 Å². The van der Waals surface area contributed by atoms with E-state index in [1.165, 1.54) is 260 Å². The molecular formula is C118H126N2. The molecule has 10 aromatic carbocycles. The van der Waals surface area contributed by atoms with E-state index in [4.69, 9.17) is 0 Å². The van der Waals surface area contributed by atoms with Gasteiger partial charge in [0.15, 0.2) is 0 Å². The Labute approximate surface area is 717 Å². The molecule has 120 heavy (non-hydrogen) atoms. The summed E-state index contributed by atoms with van der Waals surface area (Å²) >= 11 is 0. The second kappa shape index (κ2) is 25.5. The number of rotatable bonds is 12. The van der Waals surface area contributed by atoms with Crippen LogP contribution in [-0.2, 0) is 27.1 Å². The van der Waals surface area contributed by atoms with Crippen LogP contribution < -0.4 is 9.80 Å². The third-order valence-electron chi connectivity index (χ3n) is 39.4. The van der Waals surface area contributed by atoms with Crippen molar-refractivity contribution in [2.75, 3.05) is 9.80 Å². The Morgan fingerprint density at radius 1 is 0.208 bits per heavy atom. The third-order valence-corrected chi connectivity index (χ3v) is 39.4. The lowest BCUT2D eigenvalue weighted by molar-refractivity contribution is -0.0400. The van der Waals surface area contributed by atoms with Gasteiger partial charge in [-0.2, -0.15) is 0 Å². The van der Waals surface area contributed by atoms with Gasteiger partial charge in [-0.15, -0.1) is 0 Å². The molecule has 0 radical (unpaired) electrons. The molecule has 2 nitrogen and oxygen atoms in total. The SMILES string of the molecule is CC(C)c1ccc2c(c1)C1(c3cc(N(c4ccc(C5(c6ccc(N(c7ccc8c(c7)C7(c9cc(C(C)C)ccc9-8)C8CC9CC(C8)CC7C9)c7ccc8c(c7)C7(c9cc(C(C)C)ccc9-8)C8CC9CC(C8)CC7C9)cc6)CCCCC5)cc4)c4ccc5c(c4)C4(c6cc(C(C)C)ccc6-5)C5CC6CC(C5)CC4C6)ccc3-2)C2CC3CC(C2)CC1C3. The summed E-state index contributed by atoms with van der Waals surface area (Å²) in [6.45, 7) is 19.4. The van der Waals surface area contributed by atoms with E-state index in [-0.39, 0.29) is 27.1 Å². The average Bonchev–Trinajstić information content (AvgIpc) is 1.50. The van der Waals surface area contributed by atoms with E-state index < -0.39 is 0 Å². The quantitative estimate of drug-likeness (QED) is 0.120. The van der Waals surface area contributed by atoms with E-state index in [2.05, 4.69) is 259 Å². The second-order valence-corrected chi connectivity index (χ2v) is 45.9. The molecule has 31 rings (SSSR count). The van der Waals surface area contributed by atoms with E-state index in [0.29, 0.717) is 71.0 Å². The molecule has 17 saturated carbocycles. The molecule has 21 aliphatic rings. The van der Waals surface area contributed by atoms with Crippen LogP contribution in [0.1, 0.15) is 317 Å². The minimum absolute atomic E-state index is 0.0538. The molecule has 0 atom stereocenters. The maximum Gasteiger partial charge on any atom is 0.0465 e. The Morgan fingerprint density at radius 3 is 0.608 bits per heavy atom. The Hall–Kier alpha value is -8.20. The Balaban J connectivity index is 0.612. The first-order chi connectivity index (χ1) is 58.5. The molecule has 0 N–H and O–H groups in total. The maximum absolute atomic E-state index is 2.82. The van der Waals surface area contributed by atoms with E-state index in [0.717, 1.165) is 60.2 Å². The minimum atomic E-state index is -0.120. The van der Waals surface area contributed by atoms with Gasteiger partial charge >= 0.3 is 0 Å². The zero-order valence-electron chi connectivity index (χ0n) is 73.1. The van der Waals surface area contributed by atoms with Gasteiger partial charge in [0.2, 0.25) is 0 Å². The molecule has 0 unspecified atom stereocenters. The van der Waals surface area contributed by atoms with Crippen molar-refractivity contribution in [1.82, 2.24) is 0 Å². The molecule has 0 aliphatic heterocycles. The zero-order chi connectivity index (χ0) is 79.7. The van der Waals surface area contributed by atoms with Gasteiger partial charge in [-0.25, -0.2) is 0 Å². The molecule has 0 heterocycles. The van der Waals surface area contributed by atoms with Crippen LogP contribution in [0.15, 0.2) is 194 Å². The van der Waals surface area contributed by atoms with Gasteiger partial charge in [-0.3, -0.25) is 0 Å². The first kappa shape index (κ1) is 72.3. The standard InChI is InChI=1S/C118H126N2/c1-66(2)78-12-28-98-102-32-24-94(62-110(102)115(106(98)58-78)84-42-70-38-71(44-84)45-85(115)43-70)119(95-25-33-103-99-29-13-79(67(3)4)59-107(99)116(111(103)63-95)86-46-72-39-73(48-86)49-87(116)47-72)92-20-16-82(17-21-92)114(36-10-9-11-37-114)83-18-22-93(23-19-83)120(96-26-34-104-100-30-14-80(68(5)6)60-108(100)117(112(104)64-96)88-50-74-40-75(52-88)53-89(117)51-74)97-27-35-105-101-31-15-81(69(7)8)61-109(101)118(113(105)65-97)90-54-76-41-77(56-90)57-91(118)55-76/h12-35,58-77,84-91H,9-11,36-57H2,1-8H3. The largest absolute Gasteiger partial charge is 0.310 e. The Morgan fingerprint density at radius 2 is 0.400 bits per heavy atom. The number of hydrogen-bond donors (Lipinski definition) is 0. The fourth-order valence-electron chi connectivity index (χ4n) is 35.4. The van der Waals surface area contributed by atoms with E-state index in [9.17, 15) is 0 Å². The molecule has 16 bridgehead atoms. The summed E-state index contributed by atoms with van der Waals surface area (Å²) in [5.41, 5.74) is 42.7. The summed E-state index contributed by atoms with van der Waals surface area (Å²) in [6.07, 6.45) is 34.3. The highest BCUT2D eigenvalue weighted by molar-refractivity contribution is 5.93. The van der Waals surface area contributed by atoms with Crippen molar-refractivity contribution in [3.63, 3.8) is 0 Å². The maximum atomic E-state index is 2.82. The van der Waals surface area contributed by atoms with E-state index in [1.54, 1.807) is 44.5 Å². The predicted molar refractivity (Wildman–Crippen MR) is 496 cm³/mol. The van der Waals surface area contributed by atoms with Crippen LogP contribution in [0.25, 0.3) is 44.5 Å². The number of fused-ring (bicyclic) bond motifs is 12. The van der Waals surface area contributed by atoms with Gasteiger partial charge in [0.1, 0.15) is 0 Å². The smallest absolute Gasteiger partial charge is 0.0465 e. The summed E-state index contributed by atoms with van der Waals surface area (Å²) in [5.74, 6) is 14.6. The minimum Gasteiger partial charge on any atom is -0.310 e. The Bertz CT molecular complexity index is 5160. The van der Waals surface area contributed by atoms with Crippen molar-refractivity contribution in [2.45, 2.75) is 267 Å². The van der Waals surface area contributed by atoms with Crippen molar-refractivity contribution in [3.8, 4) is 44.5 Å². The second-order valence-electron chi connectivity index (χ2n) is 45.9. The van der Waals surface area contributed by atoms with Crippen LogP contribution in [0.2, 0.25) is 0 Å². The summed E-state index contributed by atoms with van der Waals surface area (Å²) < 4.78 is 0. The number of hydrogen-bond acceptors (Lipinski definition) is 2. The van der Waals surface area contributed by atoms with Crippen LogP contribution in [-0.4, -0.2) is 0 Å². The molecular weight excluding hydrogens is 1450 g/mol. The summed E-state index contributed by atoms with van der Waals surface area (Å²) in [6, 6.07) is 84.5. The van der Waals surface area contributed by atoms with Crippen LogP contribution in [0, 0.1) is 94.7 Å². The molecule has 0 amide bonds. The normalized spacial score (nSPS) is 34.3. The lowest BCUT2D eigenvalue weighted by Crippen LogP contribution is -2.55. The van der Waals surface area contributed by atoms with Crippen LogP contribution in [0.3, 0.4) is 0 Å². The summed E-state index contributed by atoms with van der Waals surface area (Å²) in [4.78, 5) is 5.60. The van der Waals surface area contributed by atoms with Crippen molar-refractivity contribution in [3.05, 3.63) is 272 Å². The molecule has 0 aromatic heterocycles. The topological polar surface area (TPSA) is 6.48 Å². The first-order valence-electron chi connectivity index (χ1n) is 49.5. The van der Waals surface area contributed by atoms with Crippen LogP contribution in [0.4, 0.5) is 34.1 Å². The fourth-order valence-corrected chi connectivity index (χ4v) is 35.4. The Kier molecular flexibility index (Phi) is 15.4. The van der Waals surface area contributed by atoms with E-state index >= 15 is 0 Å². The molecule has 608 valence electrons.